The van der Waals surface area contributed by atoms with E-state index in [2.05, 4.69) is 25.9 Å². The van der Waals surface area contributed by atoms with Gasteiger partial charge in [0.25, 0.3) is 0 Å². The fourth-order valence-electron chi connectivity index (χ4n) is 3.87. The smallest absolute Gasteiger partial charge is 0.326 e. The molecule has 0 saturated carbocycles. The Morgan fingerprint density at radius 2 is 1.50 bits per heavy atom. The van der Waals surface area contributed by atoms with Crippen LogP contribution in [-0.2, 0) is 36.8 Å². The molecular formula is C26H36N6O8. The molecule has 0 saturated heterocycles. The number of nitrogens with two attached hydrogens (primary N) is 1. The number of nitrogens with zero attached hydrogens (tertiary/aromatic N) is 1. The van der Waals surface area contributed by atoms with E-state index in [0.29, 0.717) is 17.7 Å². The molecule has 1 heterocycles. The summed E-state index contributed by atoms with van der Waals surface area (Å²) in [4.78, 5) is 68.7. The predicted octanol–water partition coefficient (Wildman–Crippen LogP) is -0.322. The van der Waals surface area contributed by atoms with E-state index in [1.807, 2.05) is 13.8 Å². The third-order valence-electron chi connectivity index (χ3n) is 5.94. The Morgan fingerprint density at radius 3 is 2.05 bits per heavy atom. The first kappa shape index (κ1) is 31.8. The number of amides is 3. The first-order chi connectivity index (χ1) is 18.8. The number of imidazole rings is 1. The van der Waals surface area contributed by atoms with Gasteiger partial charge in [-0.1, -0.05) is 26.0 Å². The molecule has 0 aliphatic heterocycles. The summed E-state index contributed by atoms with van der Waals surface area (Å²) < 4.78 is 0. The maximum Gasteiger partial charge on any atom is 0.326 e. The number of phenols is 1. The minimum Gasteiger partial charge on any atom is -0.508 e. The number of carboxylic acid groups (broad SMARTS) is 2. The Balaban J connectivity index is 2.24. The van der Waals surface area contributed by atoms with E-state index in [-0.39, 0.29) is 30.9 Å². The van der Waals surface area contributed by atoms with E-state index in [9.17, 15) is 34.2 Å². The predicted molar refractivity (Wildman–Crippen MR) is 142 cm³/mol. The molecule has 0 bridgehead atoms. The van der Waals surface area contributed by atoms with E-state index in [0.717, 1.165) is 0 Å². The van der Waals surface area contributed by atoms with Crippen molar-refractivity contribution in [3.05, 3.63) is 48.0 Å². The number of carbonyl (C=O) groups is 5. The van der Waals surface area contributed by atoms with Crippen LogP contribution in [-0.4, -0.2) is 79.1 Å². The lowest BCUT2D eigenvalue weighted by Gasteiger charge is -2.25. The molecule has 2 aromatic rings. The van der Waals surface area contributed by atoms with Gasteiger partial charge in [0.15, 0.2) is 0 Å². The zero-order valence-electron chi connectivity index (χ0n) is 22.3. The van der Waals surface area contributed by atoms with Crippen molar-refractivity contribution in [1.29, 1.82) is 0 Å². The van der Waals surface area contributed by atoms with Crippen molar-refractivity contribution < 1.29 is 39.3 Å². The molecule has 3 amide bonds. The molecule has 40 heavy (non-hydrogen) atoms. The monoisotopic (exact) mass is 560 g/mol. The second-order valence-corrected chi connectivity index (χ2v) is 9.84. The van der Waals surface area contributed by atoms with Crippen LogP contribution in [0.2, 0.25) is 0 Å². The second-order valence-electron chi connectivity index (χ2n) is 9.84. The van der Waals surface area contributed by atoms with Gasteiger partial charge in [-0.25, -0.2) is 9.78 Å². The molecule has 0 radical (unpaired) electrons. The molecule has 0 spiro atoms. The number of carboxylic acids is 2. The highest BCUT2D eigenvalue weighted by Crippen LogP contribution is 2.13. The number of hydrogen-bond acceptors (Lipinski definition) is 8. The molecule has 9 N–H and O–H groups in total. The number of aliphatic carboxylic acids is 2. The lowest BCUT2D eigenvalue weighted by molar-refractivity contribution is -0.143. The van der Waals surface area contributed by atoms with Crippen molar-refractivity contribution in [1.82, 2.24) is 25.9 Å². The van der Waals surface area contributed by atoms with Gasteiger partial charge in [-0.2, -0.15) is 0 Å². The lowest BCUT2D eigenvalue weighted by Crippen LogP contribution is -2.58. The second kappa shape index (κ2) is 15.2. The average Bonchev–Trinajstić information content (AvgIpc) is 3.39. The lowest BCUT2D eigenvalue weighted by atomic mass is 10.0. The molecule has 0 fully saturated rings. The van der Waals surface area contributed by atoms with Gasteiger partial charge in [0.2, 0.25) is 17.7 Å². The third kappa shape index (κ3) is 10.7. The standard InChI is InChI=1S/C26H36N6O8/c1-14(2)9-18(27)23(36)31-20(10-15-3-5-17(33)6-4-15)25(38)30-19(7-8-22(34)35)24(37)32-21(26(39)40)11-16-12-28-13-29-16/h3-6,12-14,18-21,33H,7-11,27H2,1-2H3,(H,28,29)(H,30,38)(H,31,36)(H,32,37)(H,34,35)(H,39,40). The zero-order valence-corrected chi connectivity index (χ0v) is 22.3. The molecular weight excluding hydrogens is 524 g/mol. The summed E-state index contributed by atoms with van der Waals surface area (Å²) in [5, 5.41) is 35.7. The summed E-state index contributed by atoms with van der Waals surface area (Å²) in [6.07, 6.45) is 2.11. The molecule has 1 aromatic heterocycles. The number of carbonyl (C=O) groups excluding carboxylic acids is 3. The Bertz CT molecular complexity index is 1150. The number of H-pyrrole nitrogens is 1. The minimum atomic E-state index is -1.42. The molecule has 0 aliphatic rings. The van der Waals surface area contributed by atoms with Crippen molar-refractivity contribution in [3.63, 3.8) is 0 Å². The fourth-order valence-corrected chi connectivity index (χ4v) is 3.87. The van der Waals surface area contributed by atoms with Crippen LogP contribution in [0, 0.1) is 5.92 Å². The highest BCUT2D eigenvalue weighted by molar-refractivity contribution is 5.94. The SMILES string of the molecule is CC(C)CC(N)C(=O)NC(Cc1ccc(O)cc1)C(=O)NC(CCC(=O)O)C(=O)NC(Cc1cnc[nH]1)C(=O)O. The molecule has 4 atom stereocenters. The van der Waals surface area contributed by atoms with Crippen LogP contribution >= 0.6 is 0 Å². The van der Waals surface area contributed by atoms with Crippen molar-refractivity contribution in [2.45, 2.75) is 70.1 Å². The van der Waals surface area contributed by atoms with Gasteiger partial charge in [0.1, 0.15) is 23.9 Å². The number of rotatable bonds is 16. The zero-order chi connectivity index (χ0) is 29.8. The average molecular weight is 561 g/mol. The van der Waals surface area contributed by atoms with Gasteiger partial charge in [0.05, 0.1) is 12.4 Å². The van der Waals surface area contributed by atoms with Gasteiger partial charge in [-0.3, -0.25) is 19.2 Å². The Hall–Kier alpha value is -4.46. The molecule has 2 rings (SSSR count). The molecule has 0 aliphatic carbocycles. The Morgan fingerprint density at radius 1 is 0.900 bits per heavy atom. The Kier molecular flexibility index (Phi) is 12.1. The third-order valence-corrected chi connectivity index (χ3v) is 5.94. The van der Waals surface area contributed by atoms with E-state index >= 15 is 0 Å². The van der Waals surface area contributed by atoms with E-state index < -0.39 is 60.2 Å². The number of aromatic hydroxyl groups is 1. The maximum atomic E-state index is 13.4. The highest BCUT2D eigenvalue weighted by Gasteiger charge is 2.31. The van der Waals surface area contributed by atoms with Crippen LogP contribution in [0.5, 0.6) is 5.75 Å². The van der Waals surface area contributed by atoms with E-state index in [4.69, 9.17) is 10.8 Å². The van der Waals surface area contributed by atoms with Crippen LogP contribution in [0.3, 0.4) is 0 Å². The van der Waals surface area contributed by atoms with Crippen molar-refractivity contribution in [3.8, 4) is 5.75 Å². The summed E-state index contributed by atoms with van der Waals surface area (Å²) in [5.74, 6) is -4.77. The number of benzene rings is 1. The minimum absolute atomic E-state index is 0.00117. The van der Waals surface area contributed by atoms with Crippen molar-refractivity contribution in [2.75, 3.05) is 0 Å². The number of aromatic amines is 1. The summed E-state index contributed by atoms with van der Waals surface area (Å²) in [5.41, 5.74) is 6.99. The Labute approximate surface area is 230 Å². The highest BCUT2D eigenvalue weighted by atomic mass is 16.4. The van der Waals surface area contributed by atoms with Crippen LogP contribution in [0.15, 0.2) is 36.8 Å². The first-order valence-electron chi connectivity index (χ1n) is 12.7. The number of hydrogen-bond donors (Lipinski definition) is 8. The quantitative estimate of drug-likeness (QED) is 0.133. The number of nitrogens with one attached hydrogen (secondary N) is 4. The maximum absolute atomic E-state index is 13.4. The van der Waals surface area contributed by atoms with Gasteiger partial charge in [-0.05, 0) is 36.5 Å². The number of aromatic nitrogens is 2. The van der Waals surface area contributed by atoms with E-state index in [1.54, 1.807) is 12.1 Å². The molecule has 4 unspecified atom stereocenters. The topological polar surface area (TPSA) is 237 Å². The molecule has 14 nitrogen and oxygen atoms in total. The normalized spacial score (nSPS) is 14.0. The van der Waals surface area contributed by atoms with Gasteiger partial charge >= 0.3 is 11.9 Å². The van der Waals surface area contributed by atoms with Crippen LogP contribution < -0.4 is 21.7 Å². The van der Waals surface area contributed by atoms with Crippen molar-refractivity contribution >= 4 is 29.7 Å². The summed E-state index contributed by atoms with van der Waals surface area (Å²) in [7, 11) is 0. The van der Waals surface area contributed by atoms with Crippen LogP contribution in [0.4, 0.5) is 0 Å². The van der Waals surface area contributed by atoms with Crippen molar-refractivity contribution in [2.24, 2.45) is 11.7 Å². The molecule has 14 heteroatoms. The van der Waals surface area contributed by atoms with Crippen LogP contribution in [0.1, 0.15) is 44.4 Å². The summed E-state index contributed by atoms with van der Waals surface area (Å²) in [6, 6.07) is 0.996. The van der Waals surface area contributed by atoms with Gasteiger partial charge < -0.3 is 42.0 Å². The summed E-state index contributed by atoms with van der Waals surface area (Å²) >= 11 is 0. The largest absolute Gasteiger partial charge is 0.508 e. The molecule has 1 aromatic carbocycles. The first-order valence-corrected chi connectivity index (χ1v) is 12.7. The van der Waals surface area contributed by atoms with Gasteiger partial charge in [-0.15, -0.1) is 0 Å². The van der Waals surface area contributed by atoms with Crippen LogP contribution in [0.25, 0.3) is 0 Å². The fraction of sp³-hybridized carbons (Fsp3) is 0.462. The molecule has 218 valence electrons. The summed E-state index contributed by atoms with van der Waals surface area (Å²) in [6.45, 7) is 3.77. The van der Waals surface area contributed by atoms with E-state index in [1.165, 1.54) is 24.7 Å². The van der Waals surface area contributed by atoms with Gasteiger partial charge in [0, 0.05) is 31.2 Å². The number of phenolic OH excluding ortho intramolecular Hbond substituents is 1.